The van der Waals surface area contributed by atoms with E-state index in [2.05, 4.69) is 30.1 Å². The highest BCUT2D eigenvalue weighted by molar-refractivity contribution is 6.05. The van der Waals surface area contributed by atoms with Crippen LogP contribution in [-0.4, -0.2) is 60.2 Å². The van der Waals surface area contributed by atoms with Gasteiger partial charge in [0.25, 0.3) is 5.91 Å². The molecule has 2 aromatic rings. The van der Waals surface area contributed by atoms with Crippen LogP contribution in [0.5, 0.6) is 0 Å². The number of hydrogen-bond acceptors (Lipinski definition) is 5. The predicted octanol–water partition coefficient (Wildman–Crippen LogP) is 3.40. The van der Waals surface area contributed by atoms with Crippen LogP contribution in [0, 0.1) is 5.41 Å². The Labute approximate surface area is 189 Å². The molecule has 0 aromatic heterocycles. The Bertz CT molecular complexity index is 1030. The molecule has 2 N–H and O–H groups in total. The second-order valence-corrected chi connectivity index (χ2v) is 8.56. The van der Waals surface area contributed by atoms with Crippen LogP contribution in [0.1, 0.15) is 57.9 Å². The second kappa shape index (κ2) is 9.76. The summed E-state index contributed by atoms with van der Waals surface area (Å²) in [4.78, 5) is 18.9. The molecule has 0 bridgehead atoms. The van der Waals surface area contributed by atoms with Gasteiger partial charge in [-0.25, -0.2) is 0 Å². The number of aliphatic imine (C=N–C) groups is 1. The van der Waals surface area contributed by atoms with Gasteiger partial charge in [0.1, 0.15) is 0 Å². The minimum atomic E-state index is -0.534. The van der Waals surface area contributed by atoms with Crippen LogP contribution >= 0.6 is 0 Å². The van der Waals surface area contributed by atoms with E-state index in [0.29, 0.717) is 38.3 Å². The van der Waals surface area contributed by atoms with Crippen molar-refractivity contribution in [2.24, 2.45) is 4.99 Å². The van der Waals surface area contributed by atoms with E-state index in [1.165, 1.54) is 5.56 Å². The number of fused-ring (bicyclic) bond motifs is 1. The molecule has 32 heavy (non-hydrogen) atoms. The van der Waals surface area contributed by atoms with E-state index in [0.717, 1.165) is 40.7 Å². The topological polar surface area (TPSA) is 86.0 Å². The zero-order chi connectivity index (χ0) is 22.7. The molecular weight excluding hydrogens is 402 g/mol. The molecule has 1 saturated heterocycles. The summed E-state index contributed by atoms with van der Waals surface area (Å²) >= 11 is 0. The molecule has 2 atom stereocenters. The van der Waals surface area contributed by atoms with E-state index in [-0.39, 0.29) is 11.9 Å². The molecule has 2 aromatic carbocycles. The molecule has 6 nitrogen and oxygen atoms in total. The Kier molecular flexibility index (Phi) is 6.82. The van der Waals surface area contributed by atoms with Gasteiger partial charge >= 0.3 is 0 Å². The molecule has 2 heterocycles. The van der Waals surface area contributed by atoms with Gasteiger partial charge in [-0.2, -0.15) is 0 Å². The molecule has 4 rings (SSSR count). The van der Waals surface area contributed by atoms with Gasteiger partial charge in [-0.15, -0.1) is 0 Å². The SMILES string of the molecule is CCc1cc2c(cc1Cc1ccc(C(=N)CC=NC)cc1)C(=O)N(C1COCCC1O)C2. The van der Waals surface area contributed by atoms with E-state index in [1.54, 1.807) is 18.2 Å². The van der Waals surface area contributed by atoms with Crippen molar-refractivity contribution in [1.82, 2.24) is 4.90 Å². The number of aliphatic hydroxyl groups excluding tert-OH is 1. The summed E-state index contributed by atoms with van der Waals surface area (Å²) in [6.45, 7) is 3.60. The zero-order valence-corrected chi connectivity index (χ0v) is 18.8. The zero-order valence-electron chi connectivity index (χ0n) is 18.8. The molecule has 0 spiro atoms. The largest absolute Gasteiger partial charge is 0.391 e. The van der Waals surface area contributed by atoms with Crippen LogP contribution in [-0.2, 0) is 24.1 Å². The fourth-order valence-corrected chi connectivity index (χ4v) is 4.60. The lowest BCUT2D eigenvalue weighted by Gasteiger charge is -2.34. The summed E-state index contributed by atoms with van der Waals surface area (Å²) in [7, 11) is 1.72. The Balaban J connectivity index is 1.54. The van der Waals surface area contributed by atoms with Crippen molar-refractivity contribution in [3.8, 4) is 0 Å². The lowest BCUT2D eigenvalue weighted by Crippen LogP contribution is -2.49. The molecule has 2 aliphatic heterocycles. The molecule has 0 aliphatic carbocycles. The van der Waals surface area contributed by atoms with Gasteiger partial charge in [-0.1, -0.05) is 37.3 Å². The average molecular weight is 434 g/mol. The van der Waals surface area contributed by atoms with Crippen molar-refractivity contribution in [3.63, 3.8) is 0 Å². The molecule has 2 aliphatic rings. The molecule has 1 fully saturated rings. The number of hydrogen-bond donors (Lipinski definition) is 2. The van der Waals surface area contributed by atoms with Crippen LogP contribution in [0.4, 0.5) is 0 Å². The van der Waals surface area contributed by atoms with Crippen molar-refractivity contribution in [1.29, 1.82) is 5.41 Å². The highest BCUT2D eigenvalue weighted by Crippen LogP contribution is 2.31. The smallest absolute Gasteiger partial charge is 0.254 e. The number of aliphatic hydroxyl groups is 1. The first-order chi connectivity index (χ1) is 15.5. The molecule has 6 heteroatoms. The summed E-state index contributed by atoms with van der Waals surface area (Å²) in [5, 5.41) is 18.5. The maximum absolute atomic E-state index is 13.2. The summed E-state index contributed by atoms with van der Waals surface area (Å²) in [6, 6.07) is 12.0. The van der Waals surface area contributed by atoms with Crippen molar-refractivity contribution < 1.29 is 14.6 Å². The highest BCUT2D eigenvalue weighted by atomic mass is 16.5. The molecular formula is C26H31N3O3. The average Bonchev–Trinajstić information content (AvgIpc) is 3.13. The normalized spacial score (nSPS) is 20.7. The third-order valence-corrected chi connectivity index (χ3v) is 6.50. The van der Waals surface area contributed by atoms with Gasteiger partial charge in [-0.05, 0) is 53.1 Å². The number of nitrogens with one attached hydrogen (secondary N) is 1. The first-order valence-corrected chi connectivity index (χ1v) is 11.3. The third kappa shape index (κ3) is 4.52. The molecule has 0 saturated carbocycles. The lowest BCUT2D eigenvalue weighted by molar-refractivity contribution is -0.0528. The molecule has 1 amide bonds. The fraction of sp³-hybridized carbons (Fsp3) is 0.423. The minimum Gasteiger partial charge on any atom is -0.391 e. The molecule has 0 radical (unpaired) electrons. The number of aryl methyl sites for hydroxylation is 1. The maximum Gasteiger partial charge on any atom is 0.254 e. The van der Waals surface area contributed by atoms with Crippen LogP contribution < -0.4 is 0 Å². The van der Waals surface area contributed by atoms with Gasteiger partial charge in [0, 0.05) is 44.1 Å². The Morgan fingerprint density at radius 3 is 2.75 bits per heavy atom. The Morgan fingerprint density at radius 1 is 1.28 bits per heavy atom. The van der Waals surface area contributed by atoms with E-state index in [4.69, 9.17) is 10.1 Å². The lowest BCUT2D eigenvalue weighted by atomic mass is 9.93. The Morgan fingerprint density at radius 2 is 2.06 bits per heavy atom. The number of carbonyl (C=O) groups excluding carboxylic acids is 1. The van der Waals surface area contributed by atoms with Crippen molar-refractivity contribution >= 4 is 17.8 Å². The highest BCUT2D eigenvalue weighted by Gasteiger charge is 2.38. The summed E-state index contributed by atoms with van der Waals surface area (Å²) in [6.07, 6.45) is 3.93. The van der Waals surface area contributed by atoms with Crippen LogP contribution in [0.3, 0.4) is 0 Å². The number of ether oxygens (including phenoxy) is 1. The van der Waals surface area contributed by atoms with Crippen molar-refractivity contribution in [2.75, 3.05) is 20.3 Å². The fourth-order valence-electron chi connectivity index (χ4n) is 4.60. The van der Waals surface area contributed by atoms with E-state index in [9.17, 15) is 9.90 Å². The van der Waals surface area contributed by atoms with E-state index < -0.39 is 6.10 Å². The van der Waals surface area contributed by atoms with Crippen LogP contribution in [0.2, 0.25) is 0 Å². The Hall–Kier alpha value is -2.83. The predicted molar refractivity (Wildman–Crippen MR) is 126 cm³/mol. The monoisotopic (exact) mass is 433 g/mol. The number of benzene rings is 2. The quantitative estimate of drug-likeness (QED) is 0.656. The van der Waals surface area contributed by atoms with Crippen molar-refractivity contribution in [3.05, 3.63) is 69.8 Å². The number of amides is 1. The van der Waals surface area contributed by atoms with Gasteiger partial charge < -0.3 is 25.1 Å². The van der Waals surface area contributed by atoms with Gasteiger partial charge in [0.15, 0.2) is 0 Å². The van der Waals surface area contributed by atoms with Crippen LogP contribution in [0.25, 0.3) is 0 Å². The van der Waals surface area contributed by atoms with Gasteiger partial charge in [0.2, 0.25) is 0 Å². The minimum absolute atomic E-state index is 0.0140. The van der Waals surface area contributed by atoms with Crippen LogP contribution in [0.15, 0.2) is 41.4 Å². The molecule has 168 valence electrons. The number of rotatable bonds is 7. The van der Waals surface area contributed by atoms with E-state index >= 15 is 0 Å². The molecule has 2 unspecified atom stereocenters. The number of carbonyl (C=O) groups is 1. The first-order valence-electron chi connectivity index (χ1n) is 11.3. The summed E-state index contributed by atoms with van der Waals surface area (Å²) in [5.74, 6) is -0.0140. The van der Waals surface area contributed by atoms with E-state index in [1.807, 2.05) is 18.2 Å². The summed E-state index contributed by atoms with van der Waals surface area (Å²) in [5.41, 5.74) is 6.78. The number of nitrogens with zero attached hydrogens (tertiary/aromatic N) is 2. The second-order valence-electron chi connectivity index (χ2n) is 8.56. The third-order valence-electron chi connectivity index (χ3n) is 6.50. The standard InChI is InChI=1S/C26H31N3O3/c1-3-18-13-21-15-29(24-16-32-11-9-25(24)30)26(31)22(21)14-20(18)12-17-4-6-19(7-5-17)23(27)8-10-28-2/h4-7,10,13-14,24-25,27,30H,3,8-9,11-12,15-16H2,1-2H3. The van der Waals surface area contributed by atoms with Crippen molar-refractivity contribution in [2.45, 2.75) is 51.3 Å². The maximum atomic E-state index is 13.2. The van der Waals surface area contributed by atoms with Gasteiger partial charge in [0.05, 0.1) is 18.8 Å². The first kappa shape index (κ1) is 22.4. The summed E-state index contributed by atoms with van der Waals surface area (Å²) < 4.78 is 5.53. The van der Waals surface area contributed by atoms with Gasteiger partial charge in [-0.3, -0.25) is 4.79 Å².